The first kappa shape index (κ1) is 19.3. The predicted octanol–water partition coefficient (Wildman–Crippen LogP) is 3.45. The Labute approximate surface area is 166 Å². The van der Waals surface area contributed by atoms with Crippen LogP contribution in [-0.4, -0.2) is 51.1 Å². The Kier molecular flexibility index (Phi) is 5.61. The van der Waals surface area contributed by atoms with Crippen LogP contribution in [0.3, 0.4) is 0 Å². The van der Waals surface area contributed by atoms with Gasteiger partial charge in [0.25, 0.3) is 6.43 Å². The summed E-state index contributed by atoms with van der Waals surface area (Å²) in [6.07, 6.45) is 1.68. The van der Waals surface area contributed by atoms with Crippen LogP contribution in [0.4, 0.5) is 14.7 Å². The SMILES string of the molecule is CC(Cc1cccs1)C(=O)N1CCCC([C@@H]2C[C@H](C(F)F)n3ncnc3N2)C1. The number of nitrogens with one attached hydrogen (secondary N) is 1. The molecule has 4 rings (SSSR count). The highest BCUT2D eigenvalue weighted by Gasteiger charge is 2.39. The number of thiophene rings is 1. The van der Waals surface area contributed by atoms with E-state index in [-0.39, 0.29) is 23.8 Å². The Hall–Kier alpha value is -2.03. The molecule has 0 saturated carbocycles. The molecule has 9 heteroatoms. The Morgan fingerprint density at radius 3 is 3.07 bits per heavy atom. The van der Waals surface area contributed by atoms with Crippen LogP contribution in [-0.2, 0) is 11.2 Å². The Morgan fingerprint density at radius 2 is 2.32 bits per heavy atom. The summed E-state index contributed by atoms with van der Waals surface area (Å²) >= 11 is 1.67. The molecule has 4 heterocycles. The highest BCUT2D eigenvalue weighted by Crippen LogP contribution is 2.35. The summed E-state index contributed by atoms with van der Waals surface area (Å²) in [5.41, 5.74) is 0. The van der Waals surface area contributed by atoms with Crippen molar-refractivity contribution >= 4 is 23.2 Å². The quantitative estimate of drug-likeness (QED) is 0.822. The van der Waals surface area contributed by atoms with Crippen LogP contribution < -0.4 is 5.32 Å². The molecule has 2 aromatic heterocycles. The van der Waals surface area contributed by atoms with E-state index in [1.807, 2.05) is 23.3 Å². The smallest absolute Gasteiger partial charge is 0.260 e. The second-order valence-corrected chi connectivity index (χ2v) is 8.82. The molecule has 1 amide bonds. The second-order valence-electron chi connectivity index (χ2n) is 7.79. The van der Waals surface area contributed by atoms with Crippen LogP contribution >= 0.6 is 11.3 Å². The minimum Gasteiger partial charge on any atom is -0.351 e. The van der Waals surface area contributed by atoms with Crippen molar-refractivity contribution in [1.29, 1.82) is 0 Å². The first-order valence-electron chi connectivity index (χ1n) is 9.78. The predicted molar refractivity (Wildman–Crippen MR) is 104 cm³/mol. The van der Waals surface area contributed by atoms with E-state index >= 15 is 0 Å². The molecule has 0 bridgehead atoms. The number of alkyl halides is 2. The molecular formula is C19H25F2N5OS. The van der Waals surface area contributed by atoms with Gasteiger partial charge in [-0.05, 0) is 43.0 Å². The molecule has 0 radical (unpaired) electrons. The number of aromatic nitrogens is 3. The lowest BCUT2D eigenvalue weighted by Gasteiger charge is -2.41. The number of anilines is 1. The number of likely N-dealkylation sites (tertiary alicyclic amines) is 1. The zero-order valence-electron chi connectivity index (χ0n) is 15.8. The van der Waals surface area contributed by atoms with Gasteiger partial charge >= 0.3 is 0 Å². The van der Waals surface area contributed by atoms with Crippen molar-refractivity contribution in [3.8, 4) is 0 Å². The van der Waals surface area contributed by atoms with Gasteiger partial charge in [-0.1, -0.05) is 13.0 Å². The van der Waals surface area contributed by atoms with Crippen molar-refractivity contribution in [2.75, 3.05) is 18.4 Å². The van der Waals surface area contributed by atoms with Gasteiger partial charge in [0.1, 0.15) is 12.4 Å². The maximum atomic E-state index is 13.5. The molecule has 0 aliphatic carbocycles. The molecule has 152 valence electrons. The average Bonchev–Trinajstić information content (AvgIpc) is 3.38. The van der Waals surface area contributed by atoms with E-state index < -0.39 is 12.5 Å². The van der Waals surface area contributed by atoms with Crippen LogP contribution in [0.25, 0.3) is 0 Å². The van der Waals surface area contributed by atoms with Gasteiger partial charge < -0.3 is 10.2 Å². The van der Waals surface area contributed by atoms with Crippen molar-refractivity contribution < 1.29 is 13.6 Å². The molecule has 28 heavy (non-hydrogen) atoms. The largest absolute Gasteiger partial charge is 0.351 e. The molecule has 2 aromatic rings. The molecule has 0 aromatic carbocycles. The number of hydrogen-bond acceptors (Lipinski definition) is 5. The molecule has 2 aliphatic rings. The van der Waals surface area contributed by atoms with Gasteiger partial charge in [-0.25, -0.2) is 13.5 Å². The number of halogens is 2. The summed E-state index contributed by atoms with van der Waals surface area (Å²) in [6.45, 7) is 3.32. The fourth-order valence-corrected chi connectivity index (χ4v) is 5.20. The lowest BCUT2D eigenvalue weighted by molar-refractivity contribution is -0.137. The van der Waals surface area contributed by atoms with Crippen LogP contribution in [0, 0.1) is 11.8 Å². The number of hydrogen-bond donors (Lipinski definition) is 1. The van der Waals surface area contributed by atoms with Gasteiger partial charge in [0.05, 0.1) is 0 Å². The van der Waals surface area contributed by atoms with Crippen LogP contribution in [0.15, 0.2) is 23.8 Å². The van der Waals surface area contributed by atoms with E-state index in [1.165, 1.54) is 15.9 Å². The number of amides is 1. The number of rotatable bonds is 5. The topological polar surface area (TPSA) is 63.1 Å². The number of piperidine rings is 1. The summed E-state index contributed by atoms with van der Waals surface area (Å²) in [4.78, 5) is 20.2. The zero-order chi connectivity index (χ0) is 19.7. The second kappa shape index (κ2) is 8.14. The van der Waals surface area contributed by atoms with Gasteiger partial charge in [-0.3, -0.25) is 4.79 Å². The van der Waals surface area contributed by atoms with Crippen molar-refractivity contribution in [1.82, 2.24) is 19.7 Å². The Morgan fingerprint density at radius 1 is 1.46 bits per heavy atom. The molecule has 2 aliphatic heterocycles. The third-order valence-electron chi connectivity index (χ3n) is 5.84. The highest BCUT2D eigenvalue weighted by molar-refractivity contribution is 7.09. The Bertz CT molecular complexity index is 796. The fraction of sp³-hybridized carbons (Fsp3) is 0.632. The van der Waals surface area contributed by atoms with E-state index in [2.05, 4.69) is 21.5 Å². The Balaban J connectivity index is 1.42. The van der Waals surface area contributed by atoms with Crippen molar-refractivity contribution in [2.45, 2.75) is 51.1 Å². The first-order valence-corrected chi connectivity index (χ1v) is 10.7. The third-order valence-corrected chi connectivity index (χ3v) is 6.73. The number of carbonyl (C=O) groups is 1. The maximum Gasteiger partial charge on any atom is 0.260 e. The molecular weight excluding hydrogens is 384 g/mol. The van der Waals surface area contributed by atoms with Gasteiger partial charge in [0.15, 0.2) is 0 Å². The monoisotopic (exact) mass is 409 g/mol. The lowest BCUT2D eigenvalue weighted by Crippen LogP contribution is -2.49. The van der Waals surface area contributed by atoms with Crippen molar-refractivity contribution in [2.24, 2.45) is 11.8 Å². The van der Waals surface area contributed by atoms with Crippen LogP contribution in [0.1, 0.15) is 37.1 Å². The maximum absolute atomic E-state index is 13.5. The van der Waals surface area contributed by atoms with Gasteiger partial charge in [0.2, 0.25) is 11.9 Å². The van der Waals surface area contributed by atoms with Gasteiger partial charge in [0, 0.05) is 29.9 Å². The zero-order valence-corrected chi connectivity index (χ0v) is 16.6. The molecule has 1 fully saturated rings. The fourth-order valence-electron chi connectivity index (χ4n) is 4.37. The summed E-state index contributed by atoms with van der Waals surface area (Å²) in [5.74, 6) is 0.616. The van der Waals surface area contributed by atoms with Crippen LogP contribution in [0.5, 0.6) is 0 Å². The van der Waals surface area contributed by atoms with Crippen molar-refractivity contribution in [3.05, 3.63) is 28.7 Å². The molecule has 1 saturated heterocycles. The van der Waals surface area contributed by atoms with Gasteiger partial charge in [-0.2, -0.15) is 10.1 Å². The summed E-state index contributed by atoms with van der Waals surface area (Å²) < 4.78 is 28.3. The summed E-state index contributed by atoms with van der Waals surface area (Å²) in [7, 11) is 0. The normalized spacial score (nSPS) is 26.0. The van der Waals surface area contributed by atoms with Crippen LogP contribution in [0.2, 0.25) is 0 Å². The number of carbonyl (C=O) groups excluding carboxylic acids is 1. The molecule has 2 unspecified atom stereocenters. The minimum atomic E-state index is -2.49. The highest BCUT2D eigenvalue weighted by atomic mass is 32.1. The van der Waals surface area contributed by atoms with Crippen molar-refractivity contribution in [3.63, 3.8) is 0 Å². The van der Waals surface area contributed by atoms with E-state index in [4.69, 9.17) is 0 Å². The first-order chi connectivity index (χ1) is 13.5. The number of fused-ring (bicyclic) bond motifs is 1. The minimum absolute atomic E-state index is 0.0753. The van der Waals surface area contributed by atoms with Gasteiger partial charge in [-0.15, -0.1) is 11.3 Å². The molecule has 6 nitrogen and oxygen atoms in total. The lowest BCUT2D eigenvalue weighted by atomic mass is 9.85. The standard InChI is InChI=1S/C19H25F2N5OS/c1-12(8-14-5-3-7-28-14)18(27)25-6-2-4-13(10-25)15-9-16(17(20)21)26-19(24-15)22-11-23-26/h3,5,7,11-13,15-17H,2,4,6,8-10H2,1H3,(H,22,23,24)/t12?,13?,15-,16+/m0/s1. The average molecular weight is 410 g/mol. The summed E-state index contributed by atoms with van der Waals surface area (Å²) in [5, 5.41) is 9.24. The van der Waals surface area contributed by atoms with E-state index in [9.17, 15) is 13.6 Å². The van der Waals surface area contributed by atoms with E-state index in [1.54, 1.807) is 11.3 Å². The molecule has 1 N–H and O–H groups in total. The molecule has 0 spiro atoms. The molecule has 4 atom stereocenters. The summed E-state index contributed by atoms with van der Waals surface area (Å²) in [6, 6.07) is 2.97. The van der Waals surface area contributed by atoms with E-state index in [0.717, 1.165) is 25.8 Å². The third kappa shape index (κ3) is 3.90. The number of nitrogens with zero attached hydrogens (tertiary/aromatic N) is 4. The van der Waals surface area contributed by atoms with E-state index in [0.29, 0.717) is 18.9 Å².